The number of nitrogens with one attached hydrogen (secondary N) is 1. The minimum Gasteiger partial charge on any atom is -0.395 e. The maximum atomic E-state index is 12.5. The first-order chi connectivity index (χ1) is 9.38. The van der Waals surface area contributed by atoms with Crippen LogP contribution >= 0.6 is 0 Å². The van der Waals surface area contributed by atoms with Gasteiger partial charge >= 0.3 is 12.2 Å². The molecule has 0 bridgehead atoms. The molecule has 0 heterocycles. The van der Waals surface area contributed by atoms with E-state index in [2.05, 4.69) is 11.9 Å². The van der Waals surface area contributed by atoms with Gasteiger partial charge in [0.1, 0.15) is 0 Å². The van der Waals surface area contributed by atoms with Gasteiger partial charge in [0.2, 0.25) is 0 Å². The molecule has 4 nitrogen and oxygen atoms in total. The Morgan fingerprint density at radius 2 is 2.15 bits per heavy atom. The third-order valence-electron chi connectivity index (χ3n) is 2.45. The molecule has 0 fully saturated rings. The standard InChI is InChI=1S/C13H15F3N2O2/c1-2-6-18(7-8-19)12(20)17-11-5-3-4-10(9-11)13(14,15)16/h2-5,9,19H,1,6-8H2,(H,17,20). The summed E-state index contributed by atoms with van der Waals surface area (Å²) in [4.78, 5) is 13.1. The highest BCUT2D eigenvalue weighted by molar-refractivity contribution is 5.89. The highest BCUT2D eigenvalue weighted by Gasteiger charge is 2.30. The van der Waals surface area contributed by atoms with E-state index in [4.69, 9.17) is 5.11 Å². The number of hydrogen-bond donors (Lipinski definition) is 2. The van der Waals surface area contributed by atoms with Gasteiger partial charge in [-0.25, -0.2) is 4.79 Å². The summed E-state index contributed by atoms with van der Waals surface area (Å²) in [7, 11) is 0. The molecule has 2 amide bonds. The molecular formula is C13H15F3N2O2. The fourth-order valence-corrected chi connectivity index (χ4v) is 1.53. The Hall–Kier alpha value is -2.02. The summed E-state index contributed by atoms with van der Waals surface area (Å²) in [5.41, 5.74) is -0.801. The van der Waals surface area contributed by atoms with Crippen molar-refractivity contribution in [2.24, 2.45) is 0 Å². The van der Waals surface area contributed by atoms with Crippen LogP contribution < -0.4 is 5.32 Å². The molecule has 7 heteroatoms. The molecule has 0 radical (unpaired) electrons. The van der Waals surface area contributed by atoms with E-state index in [1.807, 2.05) is 0 Å². The van der Waals surface area contributed by atoms with Crippen molar-refractivity contribution in [1.82, 2.24) is 4.90 Å². The number of benzene rings is 1. The maximum absolute atomic E-state index is 12.5. The molecule has 0 aliphatic rings. The van der Waals surface area contributed by atoms with Crippen LogP contribution in [0.3, 0.4) is 0 Å². The Labute approximate surface area is 114 Å². The highest BCUT2D eigenvalue weighted by atomic mass is 19.4. The summed E-state index contributed by atoms with van der Waals surface area (Å²) < 4.78 is 37.6. The fourth-order valence-electron chi connectivity index (χ4n) is 1.53. The number of halogens is 3. The summed E-state index contributed by atoms with van der Waals surface area (Å²) >= 11 is 0. The molecule has 0 aliphatic heterocycles. The Morgan fingerprint density at radius 1 is 1.45 bits per heavy atom. The smallest absolute Gasteiger partial charge is 0.395 e. The first-order valence-corrected chi connectivity index (χ1v) is 5.83. The molecule has 0 aromatic heterocycles. The van der Waals surface area contributed by atoms with Gasteiger partial charge in [0.25, 0.3) is 0 Å². The molecule has 0 spiro atoms. The number of carbonyl (C=O) groups is 1. The zero-order valence-electron chi connectivity index (χ0n) is 10.7. The van der Waals surface area contributed by atoms with Crippen molar-refractivity contribution in [3.8, 4) is 0 Å². The SMILES string of the molecule is C=CCN(CCO)C(=O)Nc1cccc(C(F)(F)F)c1. The Bertz CT molecular complexity index is 475. The molecule has 0 saturated carbocycles. The second-order valence-corrected chi connectivity index (χ2v) is 3.97. The van der Waals surface area contributed by atoms with E-state index in [9.17, 15) is 18.0 Å². The van der Waals surface area contributed by atoms with Gasteiger partial charge in [-0.3, -0.25) is 0 Å². The van der Waals surface area contributed by atoms with Gasteiger partial charge in [0, 0.05) is 18.8 Å². The topological polar surface area (TPSA) is 52.6 Å². The fraction of sp³-hybridized carbons (Fsp3) is 0.308. The van der Waals surface area contributed by atoms with Crippen LogP contribution in [0.1, 0.15) is 5.56 Å². The minimum atomic E-state index is -4.47. The van der Waals surface area contributed by atoms with Crippen molar-refractivity contribution in [3.63, 3.8) is 0 Å². The number of anilines is 1. The van der Waals surface area contributed by atoms with Gasteiger partial charge in [0.05, 0.1) is 12.2 Å². The van der Waals surface area contributed by atoms with E-state index in [1.165, 1.54) is 23.1 Å². The van der Waals surface area contributed by atoms with Gasteiger partial charge in [-0.05, 0) is 18.2 Å². The average Bonchev–Trinajstić information content (AvgIpc) is 2.38. The molecule has 1 aromatic rings. The number of nitrogens with zero attached hydrogens (tertiary/aromatic N) is 1. The van der Waals surface area contributed by atoms with Crippen LogP contribution in [0.2, 0.25) is 0 Å². The van der Waals surface area contributed by atoms with Crippen LogP contribution in [-0.4, -0.2) is 35.7 Å². The van der Waals surface area contributed by atoms with E-state index in [0.29, 0.717) is 0 Å². The van der Waals surface area contributed by atoms with Crippen molar-refractivity contribution in [2.75, 3.05) is 25.0 Å². The molecule has 0 unspecified atom stereocenters. The molecule has 1 aromatic carbocycles. The zero-order chi connectivity index (χ0) is 15.2. The second kappa shape index (κ2) is 6.95. The summed E-state index contributed by atoms with van der Waals surface area (Å²) in [5.74, 6) is 0. The quantitative estimate of drug-likeness (QED) is 0.819. The number of aliphatic hydroxyl groups is 1. The van der Waals surface area contributed by atoms with Crippen LogP contribution in [0.25, 0.3) is 0 Å². The van der Waals surface area contributed by atoms with Crippen molar-refractivity contribution in [3.05, 3.63) is 42.5 Å². The molecule has 0 atom stereocenters. The molecule has 110 valence electrons. The number of urea groups is 1. The van der Waals surface area contributed by atoms with E-state index in [1.54, 1.807) is 0 Å². The van der Waals surface area contributed by atoms with Crippen molar-refractivity contribution in [1.29, 1.82) is 0 Å². The molecular weight excluding hydrogens is 273 g/mol. The number of aliphatic hydroxyl groups excluding tert-OH is 1. The number of hydrogen-bond acceptors (Lipinski definition) is 2. The predicted molar refractivity (Wildman–Crippen MR) is 69.3 cm³/mol. The normalized spacial score (nSPS) is 11.0. The van der Waals surface area contributed by atoms with Gasteiger partial charge in [-0.1, -0.05) is 12.1 Å². The molecule has 1 rings (SSSR count). The first-order valence-electron chi connectivity index (χ1n) is 5.83. The van der Waals surface area contributed by atoms with Crippen molar-refractivity contribution in [2.45, 2.75) is 6.18 Å². The van der Waals surface area contributed by atoms with E-state index in [0.717, 1.165) is 12.1 Å². The monoisotopic (exact) mass is 288 g/mol. The van der Waals surface area contributed by atoms with Gasteiger partial charge in [0.15, 0.2) is 0 Å². The summed E-state index contributed by atoms with van der Waals surface area (Å²) in [6.07, 6.45) is -3.01. The Balaban J connectivity index is 2.81. The lowest BCUT2D eigenvalue weighted by Crippen LogP contribution is -2.37. The highest BCUT2D eigenvalue weighted by Crippen LogP contribution is 2.30. The van der Waals surface area contributed by atoms with E-state index >= 15 is 0 Å². The Morgan fingerprint density at radius 3 is 2.70 bits per heavy atom. The van der Waals surface area contributed by atoms with Crippen molar-refractivity contribution < 1.29 is 23.1 Å². The summed E-state index contributed by atoms with van der Waals surface area (Å²) in [6.45, 7) is 3.47. The number of carbonyl (C=O) groups excluding carboxylic acids is 1. The average molecular weight is 288 g/mol. The largest absolute Gasteiger partial charge is 0.416 e. The lowest BCUT2D eigenvalue weighted by Gasteiger charge is -2.20. The molecule has 20 heavy (non-hydrogen) atoms. The zero-order valence-corrected chi connectivity index (χ0v) is 10.7. The minimum absolute atomic E-state index is 0.0387. The van der Waals surface area contributed by atoms with E-state index < -0.39 is 17.8 Å². The van der Waals surface area contributed by atoms with Crippen LogP contribution in [0.4, 0.5) is 23.7 Å². The van der Waals surface area contributed by atoms with Crippen molar-refractivity contribution >= 4 is 11.7 Å². The van der Waals surface area contributed by atoms with Gasteiger partial charge in [-0.2, -0.15) is 13.2 Å². The molecule has 2 N–H and O–H groups in total. The summed E-state index contributed by atoms with van der Waals surface area (Å²) in [5, 5.41) is 11.2. The Kier molecular flexibility index (Phi) is 5.57. The van der Waals surface area contributed by atoms with Gasteiger partial charge < -0.3 is 15.3 Å². The third-order valence-corrected chi connectivity index (χ3v) is 2.45. The summed E-state index contributed by atoms with van der Waals surface area (Å²) in [6, 6.07) is 3.74. The van der Waals surface area contributed by atoms with E-state index in [-0.39, 0.29) is 25.4 Å². The van der Waals surface area contributed by atoms with Crippen LogP contribution in [0.5, 0.6) is 0 Å². The number of alkyl halides is 3. The van der Waals surface area contributed by atoms with Crippen LogP contribution in [0.15, 0.2) is 36.9 Å². The first kappa shape index (κ1) is 16.0. The van der Waals surface area contributed by atoms with Crippen LogP contribution in [0, 0.1) is 0 Å². The number of rotatable bonds is 5. The molecule has 0 aliphatic carbocycles. The van der Waals surface area contributed by atoms with Crippen LogP contribution in [-0.2, 0) is 6.18 Å². The lowest BCUT2D eigenvalue weighted by atomic mass is 10.2. The second-order valence-electron chi connectivity index (χ2n) is 3.97. The third kappa shape index (κ3) is 4.58. The predicted octanol–water partition coefficient (Wildman–Crippen LogP) is 2.72. The lowest BCUT2D eigenvalue weighted by molar-refractivity contribution is -0.137. The molecule has 0 saturated heterocycles. The maximum Gasteiger partial charge on any atom is 0.416 e. The number of amides is 2. The van der Waals surface area contributed by atoms with Gasteiger partial charge in [-0.15, -0.1) is 6.58 Å².